The number of aromatic amines is 1. The van der Waals surface area contributed by atoms with Gasteiger partial charge in [-0.25, -0.2) is 18.3 Å². The predicted octanol–water partition coefficient (Wildman–Crippen LogP) is 3.63. The molecule has 0 amide bonds. The van der Waals surface area contributed by atoms with E-state index >= 15 is 0 Å². The average molecular weight is 493 g/mol. The highest BCUT2D eigenvalue weighted by atomic mass is 35.5. The van der Waals surface area contributed by atoms with Crippen molar-refractivity contribution in [2.45, 2.75) is 49.5 Å². The normalized spacial score (nSPS) is 15.6. The van der Waals surface area contributed by atoms with Crippen molar-refractivity contribution in [3.05, 3.63) is 84.7 Å². The molecule has 0 saturated carbocycles. The summed E-state index contributed by atoms with van der Waals surface area (Å²) in [6, 6.07) is 8.06. The van der Waals surface area contributed by atoms with Crippen molar-refractivity contribution in [2.75, 3.05) is 0 Å². The fourth-order valence-corrected chi connectivity index (χ4v) is 5.84. The van der Waals surface area contributed by atoms with Crippen LogP contribution in [0, 0.1) is 10.1 Å². The fraction of sp³-hybridized carbons (Fsp3) is 0.333. The first-order valence-corrected chi connectivity index (χ1v) is 12.2. The molecule has 1 aliphatic rings. The van der Waals surface area contributed by atoms with Crippen LogP contribution in [-0.4, -0.2) is 23.5 Å². The maximum Gasteiger partial charge on any atom is 0.434 e. The third-order valence-electron chi connectivity index (χ3n) is 5.83. The zero-order valence-electron chi connectivity index (χ0n) is 17.6. The zero-order valence-corrected chi connectivity index (χ0v) is 19.1. The van der Waals surface area contributed by atoms with Gasteiger partial charge in [0.1, 0.15) is 6.04 Å². The molecule has 0 aliphatic heterocycles. The maximum absolute atomic E-state index is 13.3. The van der Waals surface area contributed by atoms with Crippen LogP contribution in [0.2, 0.25) is 5.02 Å². The number of aryl methyl sites for hydroxylation is 1. The lowest BCUT2D eigenvalue weighted by Crippen LogP contribution is -2.33. The van der Waals surface area contributed by atoms with Crippen LogP contribution in [0.4, 0.5) is 5.69 Å². The highest BCUT2D eigenvalue weighted by molar-refractivity contribution is 7.89. The fourth-order valence-electron chi connectivity index (χ4n) is 4.25. The molecule has 0 spiro atoms. The lowest BCUT2D eigenvalue weighted by molar-refractivity contribution is -0.387. The number of hydrogen-bond donors (Lipinski definition) is 2. The minimum Gasteiger partial charge on any atom is -0.391 e. The van der Waals surface area contributed by atoms with Gasteiger partial charge in [-0.3, -0.25) is 10.1 Å². The summed E-state index contributed by atoms with van der Waals surface area (Å²) in [4.78, 5) is 21.7. The Kier molecular flexibility index (Phi) is 6.37. The molecule has 2 aromatic carbocycles. The van der Waals surface area contributed by atoms with Crippen molar-refractivity contribution < 1.29 is 17.8 Å². The number of benzene rings is 2. The van der Waals surface area contributed by atoms with Crippen LogP contribution in [0.3, 0.4) is 0 Å². The first-order valence-electron chi connectivity index (χ1n) is 10.3. The molecule has 0 bridgehead atoms. The van der Waals surface area contributed by atoms with Gasteiger partial charge in [-0.05, 0) is 54.5 Å². The summed E-state index contributed by atoms with van der Waals surface area (Å²) < 4.78 is 34.1. The number of fused-ring (bicyclic) bond motifs is 1. The molecule has 3 aromatic rings. The average Bonchev–Trinajstić information content (AvgIpc) is 3.22. The van der Waals surface area contributed by atoms with Crippen molar-refractivity contribution >= 4 is 27.3 Å². The lowest BCUT2D eigenvalue weighted by atomic mass is 9.82. The molecule has 1 aromatic heterocycles. The van der Waals surface area contributed by atoms with Crippen molar-refractivity contribution in [3.8, 4) is 0 Å². The molecule has 0 saturated heterocycles. The first-order chi connectivity index (χ1) is 15.7. The summed E-state index contributed by atoms with van der Waals surface area (Å²) in [5.41, 5.74) is 2.57. The number of rotatable bonds is 7. The largest absolute Gasteiger partial charge is 0.434 e. The van der Waals surface area contributed by atoms with E-state index in [9.17, 15) is 23.3 Å². The van der Waals surface area contributed by atoms with Crippen LogP contribution < -0.4 is 10.5 Å². The molecular weight excluding hydrogens is 472 g/mol. The number of sulfonamides is 1. The molecule has 2 atom stereocenters. The SMILES string of the molecule is CC(c1cccc2c1CCCC2)C(NS(=O)(=O)c1ccc(Cl)cc1[N+](=O)[O-])c1n[nH]c(=O)o1. The summed E-state index contributed by atoms with van der Waals surface area (Å²) in [5.74, 6) is -1.50. The first kappa shape index (κ1) is 23.1. The molecule has 174 valence electrons. The second kappa shape index (κ2) is 9.08. The van der Waals surface area contributed by atoms with E-state index < -0.39 is 43.2 Å². The predicted molar refractivity (Wildman–Crippen MR) is 120 cm³/mol. The number of hydrogen-bond acceptors (Lipinski definition) is 7. The van der Waals surface area contributed by atoms with Crippen molar-refractivity contribution in [1.82, 2.24) is 14.9 Å². The van der Waals surface area contributed by atoms with Crippen LogP contribution in [0.15, 0.2) is 50.5 Å². The Morgan fingerprint density at radius 2 is 2.00 bits per heavy atom. The van der Waals surface area contributed by atoms with E-state index in [4.69, 9.17) is 16.0 Å². The molecule has 12 heteroatoms. The summed E-state index contributed by atoms with van der Waals surface area (Å²) >= 11 is 5.83. The van der Waals surface area contributed by atoms with Crippen molar-refractivity contribution in [1.29, 1.82) is 0 Å². The monoisotopic (exact) mass is 492 g/mol. The van der Waals surface area contributed by atoms with Gasteiger partial charge in [0, 0.05) is 17.0 Å². The number of nitro benzene ring substituents is 1. The molecule has 0 fully saturated rings. The number of nitrogens with zero attached hydrogens (tertiary/aromatic N) is 2. The standard InChI is InChI=1S/C21H21ClN4O6S/c1-12(15-8-4-6-13-5-2-3-7-16(13)15)19(20-23-24-21(27)32-20)25-33(30,31)18-10-9-14(22)11-17(18)26(28)29/h4,6,8-12,19,25H,2-3,5,7H2,1H3,(H,24,27). The number of nitrogens with one attached hydrogen (secondary N) is 2. The maximum atomic E-state index is 13.3. The van der Waals surface area contributed by atoms with E-state index in [1.807, 2.05) is 12.1 Å². The summed E-state index contributed by atoms with van der Waals surface area (Å²) in [5, 5.41) is 17.5. The van der Waals surface area contributed by atoms with Crippen LogP contribution in [0.5, 0.6) is 0 Å². The highest BCUT2D eigenvalue weighted by Gasteiger charge is 2.35. The van der Waals surface area contributed by atoms with Gasteiger partial charge in [0.2, 0.25) is 15.9 Å². The number of nitro groups is 1. The molecule has 2 N–H and O–H groups in total. The number of H-pyrrole nitrogens is 1. The summed E-state index contributed by atoms with van der Waals surface area (Å²) in [7, 11) is -4.43. The Bertz CT molecular complexity index is 1370. The Balaban J connectivity index is 1.79. The molecule has 2 unspecified atom stereocenters. The van der Waals surface area contributed by atoms with Gasteiger partial charge < -0.3 is 4.42 Å². The summed E-state index contributed by atoms with van der Waals surface area (Å²) in [6.07, 6.45) is 3.88. The lowest BCUT2D eigenvalue weighted by Gasteiger charge is -2.27. The molecule has 0 radical (unpaired) electrons. The topological polar surface area (TPSA) is 148 Å². The van der Waals surface area contributed by atoms with Gasteiger partial charge in [-0.15, -0.1) is 5.10 Å². The van der Waals surface area contributed by atoms with Gasteiger partial charge >= 0.3 is 5.76 Å². The van der Waals surface area contributed by atoms with E-state index in [0.29, 0.717) is 0 Å². The Hall–Kier alpha value is -3.02. The van der Waals surface area contributed by atoms with E-state index in [-0.39, 0.29) is 10.9 Å². The quantitative estimate of drug-likeness (QED) is 0.378. The molecule has 33 heavy (non-hydrogen) atoms. The van der Waals surface area contributed by atoms with Crippen molar-refractivity contribution in [2.24, 2.45) is 0 Å². The third-order valence-corrected chi connectivity index (χ3v) is 7.56. The molecule has 10 nitrogen and oxygen atoms in total. The Labute approximate surface area is 194 Å². The van der Waals surface area contributed by atoms with Crippen LogP contribution in [-0.2, 0) is 22.9 Å². The molecule has 1 heterocycles. The van der Waals surface area contributed by atoms with Crippen molar-refractivity contribution in [3.63, 3.8) is 0 Å². The van der Waals surface area contributed by atoms with Gasteiger partial charge in [0.05, 0.1) is 4.92 Å². The third kappa shape index (κ3) is 4.70. The minimum absolute atomic E-state index is 0.0276. The molecular formula is C21H21ClN4O6S. The van der Waals surface area contributed by atoms with Gasteiger partial charge in [-0.1, -0.05) is 36.7 Å². The van der Waals surface area contributed by atoms with Crippen LogP contribution in [0.1, 0.15) is 54.3 Å². The molecule has 4 rings (SSSR count). The molecule has 1 aliphatic carbocycles. The van der Waals surface area contributed by atoms with Crippen LogP contribution in [0.25, 0.3) is 0 Å². The van der Waals surface area contributed by atoms with E-state index in [2.05, 4.69) is 21.0 Å². The van der Waals surface area contributed by atoms with Crippen LogP contribution >= 0.6 is 11.6 Å². The highest BCUT2D eigenvalue weighted by Crippen LogP contribution is 2.37. The second-order valence-corrected chi connectivity index (χ2v) is 10.0. The minimum atomic E-state index is -4.43. The Morgan fingerprint density at radius 1 is 1.24 bits per heavy atom. The van der Waals surface area contributed by atoms with E-state index in [1.54, 1.807) is 6.92 Å². The van der Waals surface area contributed by atoms with Gasteiger partial charge in [0.25, 0.3) is 5.69 Å². The van der Waals surface area contributed by atoms with E-state index in [1.165, 1.54) is 11.6 Å². The van der Waals surface area contributed by atoms with E-state index in [0.717, 1.165) is 48.9 Å². The smallest absolute Gasteiger partial charge is 0.391 e. The second-order valence-electron chi connectivity index (χ2n) is 7.90. The number of aromatic nitrogens is 2. The van der Waals surface area contributed by atoms with Gasteiger partial charge in [-0.2, -0.15) is 4.72 Å². The number of halogens is 1. The van der Waals surface area contributed by atoms with Gasteiger partial charge in [0.15, 0.2) is 4.90 Å². The summed E-state index contributed by atoms with van der Waals surface area (Å²) in [6.45, 7) is 1.79. The zero-order chi connectivity index (χ0) is 23.8. The Morgan fingerprint density at radius 3 is 2.70 bits per heavy atom.